The van der Waals surface area contributed by atoms with E-state index < -0.39 is 38.0 Å². The molecular formula is C14H11Cl2N3O6S. The van der Waals surface area contributed by atoms with Gasteiger partial charge < -0.3 is 10.1 Å². The number of rotatable bonds is 6. The SMILES string of the molecule is NS(=O)(=O)c1ccc(OCC(=O)Nc2c(Cl)cccc2Cl)c([N+](=O)[O-])c1. The number of sulfonamides is 1. The molecule has 0 aliphatic carbocycles. The van der Waals surface area contributed by atoms with Crippen LogP contribution in [-0.4, -0.2) is 25.9 Å². The summed E-state index contributed by atoms with van der Waals surface area (Å²) >= 11 is 11.8. The summed E-state index contributed by atoms with van der Waals surface area (Å²) in [6.07, 6.45) is 0. The first-order valence-corrected chi connectivity index (χ1v) is 9.07. The number of para-hydroxylation sites is 1. The number of nitrogens with two attached hydrogens (primary N) is 1. The van der Waals surface area contributed by atoms with E-state index in [4.69, 9.17) is 33.1 Å². The average molecular weight is 420 g/mol. The Balaban J connectivity index is 2.16. The monoisotopic (exact) mass is 419 g/mol. The summed E-state index contributed by atoms with van der Waals surface area (Å²) in [5.74, 6) is -0.979. The summed E-state index contributed by atoms with van der Waals surface area (Å²) in [4.78, 5) is 21.7. The molecule has 1 amide bonds. The first-order chi connectivity index (χ1) is 12.1. The fraction of sp³-hybridized carbons (Fsp3) is 0.0714. The predicted octanol–water partition coefficient (Wildman–Crippen LogP) is 2.57. The number of benzene rings is 2. The van der Waals surface area contributed by atoms with E-state index >= 15 is 0 Å². The van der Waals surface area contributed by atoms with Gasteiger partial charge in [-0.15, -0.1) is 0 Å². The molecule has 2 aromatic carbocycles. The zero-order valence-corrected chi connectivity index (χ0v) is 15.1. The van der Waals surface area contributed by atoms with Gasteiger partial charge in [0, 0.05) is 6.07 Å². The number of nitro benzene ring substituents is 1. The topological polar surface area (TPSA) is 142 Å². The minimum Gasteiger partial charge on any atom is -0.477 e. The van der Waals surface area contributed by atoms with Crippen LogP contribution in [-0.2, 0) is 14.8 Å². The summed E-state index contributed by atoms with van der Waals surface area (Å²) < 4.78 is 27.7. The van der Waals surface area contributed by atoms with Gasteiger partial charge in [0.15, 0.2) is 12.4 Å². The number of primary sulfonamides is 1. The Labute approximate surface area is 157 Å². The van der Waals surface area contributed by atoms with Gasteiger partial charge in [0.1, 0.15) is 0 Å². The number of nitrogens with zero attached hydrogens (tertiary/aromatic N) is 1. The van der Waals surface area contributed by atoms with Crippen LogP contribution in [0.1, 0.15) is 0 Å². The number of carbonyl (C=O) groups is 1. The molecular weight excluding hydrogens is 409 g/mol. The Morgan fingerprint density at radius 2 is 1.85 bits per heavy atom. The third-order valence-corrected chi connectivity index (χ3v) is 4.58. The van der Waals surface area contributed by atoms with Gasteiger partial charge in [0.25, 0.3) is 5.91 Å². The Morgan fingerprint density at radius 1 is 1.23 bits per heavy atom. The van der Waals surface area contributed by atoms with E-state index in [1.165, 1.54) is 12.1 Å². The molecule has 0 fully saturated rings. The first kappa shape index (κ1) is 19.9. The van der Waals surface area contributed by atoms with Gasteiger partial charge in [-0.1, -0.05) is 29.3 Å². The van der Waals surface area contributed by atoms with E-state index in [1.54, 1.807) is 6.07 Å². The summed E-state index contributed by atoms with van der Waals surface area (Å²) in [5, 5.41) is 18.8. The number of ether oxygens (including phenoxy) is 1. The Hall–Kier alpha value is -2.40. The molecule has 0 spiro atoms. The van der Waals surface area contributed by atoms with Gasteiger partial charge in [-0.2, -0.15) is 0 Å². The lowest BCUT2D eigenvalue weighted by molar-refractivity contribution is -0.386. The largest absolute Gasteiger partial charge is 0.477 e. The van der Waals surface area contributed by atoms with Crippen molar-refractivity contribution < 1.29 is 22.9 Å². The molecule has 0 bridgehead atoms. The van der Waals surface area contributed by atoms with Crippen molar-refractivity contribution in [2.45, 2.75) is 4.90 Å². The summed E-state index contributed by atoms with van der Waals surface area (Å²) in [5.41, 5.74) is -0.483. The van der Waals surface area contributed by atoms with E-state index in [-0.39, 0.29) is 21.5 Å². The molecule has 12 heteroatoms. The molecule has 0 saturated carbocycles. The molecule has 26 heavy (non-hydrogen) atoms. The molecule has 0 atom stereocenters. The van der Waals surface area contributed by atoms with Crippen molar-refractivity contribution in [3.8, 4) is 5.75 Å². The highest BCUT2D eigenvalue weighted by atomic mass is 35.5. The molecule has 2 aromatic rings. The maximum atomic E-state index is 12.0. The Bertz CT molecular complexity index is 960. The van der Waals surface area contributed by atoms with Gasteiger partial charge in [0.05, 0.1) is 25.6 Å². The third-order valence-electron chi connectivity index (χ3n) is 3.04. The number of nitro groups is 1. The van der Waals surface area contributed by atoms with E-state index in [9.17, 15) is 23.3 Å². The molecule has 0 unspecified atom stereocenters. The molecule has 0 aromatic heterocycles. The number of amides is 1. The molecule has 138 valence electrons. The fourth-order valence-electron chi connectivity index (χ4n) is 1.87. The van der Waals surface area contributed by atoms with Crippen LogP contribution < -0.4 is 15.2 Å². The second-order valence-electron chi connectivity index (χ2n) is 4.87. The van der Waals surface area contributed by atoms with E-state index in [2.05, 4.69) is 5.32 Å². The highest BCUT2D eigenvalue weighted by molar-refractivity contribution is 7.89. The molecule has 0 heterocycles. The van der Waals surface area contributed by atoms with Crippen molar-refractivity contribution in [2.24, 2.45) is 5.14 Å². The maximum Gasteiger partial charge on any atom is 0.312 e. The standard InChI is InChI=1S/C14H11Cl2N3O6S/c15-9-2-1-3-10(16)14(9)18-13(20)7-25-12-5-4-8(26(17,23)24)6-11(12)19(21)22/h1-6H,7H2,(H,18,20)(H2,17,23,24). The normalized spacial score (nSPS) is 11.0. The van der Waals surface area contributed by atoms with Crippen LogP contribution in [0.5, 0.6) is 5.75 Å². The van der Waals surface area contributed by atoms with Gasteiger partial charge in [-0.3, -0.25) is 14.9 Å². The molecule has 0 radical (unpaired) electrons. The second-order valence-corrected chi connectivity index (χ2v) is 7.24. The molecule has 0 aliphatic rings. The number of halogens is 2. The lowest BCUT2D eigenvalue weighted by Gasteiger charge is -2.10. The Kier molecular flexibility index (Phi) is 6.03. The van der Waals surface area contributed by atoms with Crippen molar-refractivity contribution in [1.29, 1.82) is 0 Å². The van der Waals surface area contributed by atoms with Gasteiger partial charge in [-0.05, 0) is 24.3 Å². The predicted molar refractivity (Wildman–Crippen MR) is 95.1 cm³/mol. The molecule has 0 aliphatic heterocycles. The van der Waals surface area contributed by atoms with Crippen LogP contribution in [0.4, 0.5) is 11.4 Å². The van der Waals surface area contributed by atoms with Crippen molar-refractivity contribution in [3.63, 3.8) is 0 Å². The van der Waals surface area contributed by atoms with E-state index in [0.717, 1.165) is 18.2 Å². The second kappa shape index (κ2) is 7.87. The van der Waals surface area contributed by atoms with Crippen LogP contribution in [0.25, 0.3) is 0 Å². The Morgan fingerprint density at radius 3 is 2.38 bits per heavy atom. The maximum absolute atomic E-state index is 12.0. The molecule has 0 saturated heterocycles. The lowest BCUT2D eigenvalue weighted by Crippen LogP contribution is -2.21. The smallest absolute Gasteiger partial charge is 0.312 e. The summed E-state index contributed by atoms with van der Waals surface area (Å²) in [6, 6.07) is 7.43. The number of carbonyl (C=O) groups excluding carboxylic acids is 1. The van der Waals surface area contributed by atoms with Crippen LogP contribution in [0, 0.1) is 10.1 Å². The average Bonchev–Trinajstić information content (AvgIpc) is 2.55. The minimum atomic E-state index is -4.13. The van der Waals surface area contributed by atoms with Crippen molar-refractivity contribution >= 4 is 50.5 Å². The summed E-state index contributed by atoms with van der Waals surface area (Å²) in [7, 11) is -4.13. The van der Waals surface area contributed by atoms with E-state index in [1.807, 2.05) is 0 Å². The number of hydrogen-bond donors (Lipinski definition) is 2. The fourth-order valence-corrected chi connectivity index (χ4v) is 2.90. The van der Waals surface area contributed by atoms with Crippen LogP contribution in [0.2, 0.25) is 10.0 Å². The van der Waals surface area contributed by atoms with Crippen molar-refractivity contribution in [3.05, 3.63) is 56.6 Å². The van der Waals surface area contributed by atoms with Gasteiger partial charge >= 0.3 is 5.69 Å². The molecule has 3 N–H and O–H groups in total. The molecule has 2 rings (SSSR count). The van der Waals surface area contributed by atoms with E-state index in [0.29, 0.717) is 0 Å². The number of hydrogen-bond acceptors (Lipinski definition) is 6. The van der Waals surface area contributed by atoms with Crippen LogP contribution >= 0.6 is 23.2 Å². The third kappa shape index (κ3) is 4.82. The van der Waals surface area contributed by atoms with Gasteiger partial charge in [0.2, 0.25) is 10.0 Å². The van der Waals surface area contributed by atoms with Crippen molar-refractivity contribution in [2.75, 3.05) is 11.9 Å². The quantitative estimate of drug-likeness (QED) is 0.543. The first-order valence-electron chi connectivity index (χ1n) is 6.77. The zero-order chi connectivity index (χ0) is 19.5. The molecule has 9 nitrogen and oxygen atoms in total. The zero-order valence-electron chi connectivity index (χ0n) is 12.8. The van der Waals surface area contributed by atoms with Crippen LogP contribution in [0.3, 0.4) is 0 Å². The number of nitrogens with one attached hydrogen (secondary N) is 1. The number of anilines is 1. The highest BCUT2D eigenvalue weighted by Crippen LogP contribution is 2.31. The van der Waals surface area contributed by atoms with Crippen molar-refractivity contribution in [1.82, 2.24) is 0 Å². The summed E-state index contributed by atoms with van der Waals surface area (Å²) in [6.45, 7) is -0.600. The highest BCUT2D eigenvalue weighted by Gasteiger charge is 2.21. The lowest BCUT2D eigenvalue weighted by atomic mass is 10.3. The minimum absolute atomic E-state index is 0.170. The van der Waals surface area contributed by atoms with Gasteiger partial charge in [-0.25, -0.2) is 13.6 Å². The van der Waals surface area contributed by atoms with Crippen LogP contribution in [0.15, 0.2) is 41.3 Å².